The van der Waals surface area contributed by atoms with Crippen LogP contribution in [0.25, 0.3) is 0 Å². The van der Waals surface area contributed by atoms with Crippen molar-refractivity contribution < 1.29 is 14.7 Å². The van der Waals surface area contributed by atoms with Gasteiger partial charge in [0.1, 0.15) is 0 Å². The second-order valence-corrected chi connectivity index (χ2v) is 6.99. The molecule has 17 heavy (non-hydrogen) atoms. The van der Waals surface area contributed by atoms with Gasteiger partial charge < -0.3 is 10.0 Å². The van der Waals surface area contributed by atoms with Crippen LogP contribution < -0.4 is 0 Å². The van der Waals surface area contributed by atoms with Crippen LogP contribution in [0.2, 0.25) is 0 Å². The Bertz CT molecular complexity index is 284. The Labute approximate surface area is 111 Å². The molecule has 1 saturated heterocycles. The summed E-state index contributed by atoms with van der Waals surface area (Å²) in [5, 5.41) is 9.26. The van der Waals surface area contributed by atoms with Crippen LogP contribution in [-0.4, -0.2) is 57.0 Å². The van der Waals surface area contributed by atoms with Crippen LogP contribution in [0.1, 0.15) is 20.3 Å². The van der Waals surface area contributed by atoms with Gasteiger partial charge in [-0.1, -0.05) is 13.8 Å². The largest absolute Gasteiger partial charge is 0.481 e. The molecule has 0 aromatic heterocycles. The van der Waals surface area contributed by atoms with Gasteiger partial charge in [0, 0.05) is 18.1 Å². The van der Waals surface area contributed by atoms with Crippen molar-refractivity contribution >= 4 is 35.4 Å². The summed E-state index contributed by atoms with van der Waals surface area (Å²) in [6.45, 7) is 4.79. The first kappa shape index (κ1) is 14.7. The zero-order valence-corrected chi connectivity index (χ0v) is 11.9. The highest BCUT2D eigenvalue weighted by molar-refractivity contribution is 8.00. The highest BCUT2D eigenvalue weighted by atomic mass is 32.2. The van der Waals surface area contributed by atoms with E-state index in [2.05, 4.69) is 13.8 Å². The lowest BCUT2D eigenvalue weighted by Crippen LogP contribution is -2.47. The summed E-state index contributed by atoms with van der Waals surface area (Å²) in [5.74, 6) is 1.36. The van der Waals surface area contributed by atoms with Crippen molar-refractivity contribution in [3.8, 4) is 0 Å². The zero-order chi connectivity index (χ0) is 12.8. The number of carbonyl (C=O) groups excluding carboxylic acids is 1. The molecular formula is C11H19NO3S2. The van der Waals surface area contributed by atoms with E-state index in [0.29, 0.717) is 17.5 Å². The zero-order valence-electron chi connectivity index (χ0n) is 10.2. The summed E-state index contributed by atoms with van der Waals surface area (Å²) in [5.41, 5.74) is 0. The van der Waals surface area contributed by atoms with Gasteiger partial charge in [0.15, 0.2) is 0 Å². The molecule has 6 heteroatoms. The van der Waals surface area contributed by atoms with Crippen LogP contribution in [0, 0.1) is 0 Å². The fraction of sp³-hybridized carbons (Fsp3) is 0.818. The number of carboxylic acids is 1. The van der Waals surface area contributed by atoms with Crippen molar-refractivity contribution in [2.24, 2.45) is 0 Å². The third-order valence-corrected chi connectivity index (χ3v) is 4.67. The Balaban J connectivity index is 2.51. The van der Waals surface area contributed by atoms with E-state index in [9.17, 15) is 9.59 Å². The van der Waals surface area contributed by atoms with Crippen LogP contribution in [0.5, 0.6) is 0 Å². The topological polar surface area (TPSA) is 57.6 Å². The maximum absolute atomic E-state index is 12.0. The first-order valence-electron chi connectivity index (χ1n) is 5.71. The Kier molecular flexibility index (Phi) is 6.19. The predicted molar refractivity (Wildman–Crippen MR) is 72.7 cm³/mol. The van der Waals surface area contributed by atoms with Gasteiger partial charge in [-0.05, 0) is 5.25 Å². The summed E-state index contributed by atoms with van der Waals surface area (Å²) in [6.07, 6.45) is 0.0606. The molecule has 1 aliphatic rings. The van der Waals surface area contributed by atoms with E-state index in [1.165, 1.54) is 0 Å². The third-order valence-electron chi connectivity index (χ3n) is 2.50. The van der Waals surface area contributed by atoms with E-state index < -0.39 is 5.97 Å². The monoisotopic (exact) mass is 277 g/mol. The smallest absolute Gasteiger partial charge is 0.305 e. The number of carboxylic acid groups (broad SMARTS) is 1. The molecule has 0 radical (unpaired) electrons. The van der Waals surface area contributed by atoms with Gasteiger partial charge in [0.05, 0.1) is 18.2 Å². The van der Waals surface area contributed by atoms with Crippen molar-refractivity contribution in [3.63, 3.8) is 0 Å². The molecule has 1 aliphatic heterocycles. The van der Waals surface area contributed by atoms with E-state index in [0.717, 1.165) is 11.5 Å². The highest BCUT2D eigenvalue weighted by Gasteiger charge is 2.28. The SMILES string of the molecule is CC(C)SCC(=O)N1CCSCC1CC(=O)O. The summed E-state index contributed by atoms with van der Waals surface area (Å²) < 4.78 is 0. The summed E-state index contributed by atoms with van der Waals surface area (Å²) in [4.78, 5) is 24.5. The molecule has 1 amide bonds. The molecule has 98 valence electrons. The van der Waals surface area contributed by atoms with Crippen molar-refractivity contribution in [2.75, 3.05) is 23.8 Å². The maximum Gasteiger partial charge on any atom is 0.305 e. The molecular weight excluding hydrogens is 258 g/mol. The second kappa shape index (κ2) is 7.16. The molecule has 0 bridgehead atoms. The average molecular weight is 277 g/mol. The molecule has 1 rings (SSSR count). The summed E-state index contributed by atoms with van der Waals surface area (Å²) in [6, 6.07) is -0.133. The maximum atomic E-state index is 12.0. The number of hydrogen-bond donors (Lipinski definition) is 1. The molecule has 1 atom stereocenters. The Morgan fingerprint density at radius 1 is 1.53 bits per heavy atom. The van der Waals surface area contributed by atoms with E-state index in [4.69, 9.17) is 5.11 Å². The molecule has 0 saturated carbocycles. The third kappa shape index (κ3) is 5.21. The Morgan fingerprint density at radius 3 is 2.82 bits per heavy atom. The van der Waals surface area contributed by atoms with Crippen molar-refractivity contribution in [1.82, 2.24) is 4.90 Å². The number of thioether (sulfide) groups is 2. The minimum atomic E-state index is -0.827. The first-order chi connectivity index (χ1) is 8.00. The molecule has 4 nitrogen and oxygen atoms in total. The number of hydrogen-bond acceptors (Lipinski definition) is 4. The molecule has 0 aliphatic carbocycles. The molecule has 1 fully saturated rings. The van der Waals surface area contributed by atoms with E-state index in [1.54, 1.807) is 28.4 Å². The lowest BCUT2D eigenvalue weighted by molar-refractivity contribution is -0.139. The Morgan fingerprint density at radius 2 is 2.24 bits per heavy atom. The second-order valence-electron chi connectivity index (χ2n) is 4.27. The Hall–Kier alpha value is -0.360. The summed E-state index contributed by atoms with van der Waals surface area (Å²) in [7, 11) is 0. The first-order valence-corrected chi connectivity index (χ1v) is 7.91. The van der Waals surface area contributed by atoms with Crippen molar-refractivity contribution in [1.29, 1.82) is 0 Å². The molecule has 1 unspecified atom stereocenters. The molecule has 1 N–H and O–H groups in total. The van der Waals surface area contributed by atoms with Crippen molar-refractivity contribution in [2.45, 2.75) is 31.6 Å². The van der Waals surface area contributed by atoms with Gasteiger partial charge >= 0.3 is 5.97 Å². The van der Waals surface area contributed by atoms with Crippen LogP contribution in [0.4, 0.5) is 0 Å². The molecule has 0 aromatic rings. The van der Waals surface area contributed by atoms with Gasteiger partial charge in [-0.3, -0.25) is 9.59 Å². The fourth-order valence-electron chi connectivity index (χ4n) is 1.67. The van der Waals surface area contributed by atoms with Crippen LogP contribution in [-0.2, 0) is 9.59 Å². The number of aliphatic carboxylic acids is 1. The number of nitrogens with zero attached hydrogens (tertiary/aromatic N) is 1. The van der Waals surface area contributed by atoms with E-state index in [-0.39, 0.29) is 18.4 Å². The standard InChI is InChI=1S/C11H19NO3S2/c1-8(2)17-7-10(13)12-3-4-16-6-9(12)5-11(14)15/h8-9H,3-7H2,1-2H3,(H,14,15). The average Bonchev–Trinajstić information content (AvgIpc) is 2.25. The van der Waals surface area contributed by atoms with E-state index >= 15 is 0 Å². The van der Waals surface area contributed by atoms with Gasteiger partial charge in [-0.2, -0.15) is 11.8 Å². The quantitative estimate of drug-likeness (QED) is 0.826. The molecule has 0 spiro atoms. The predicted octanol–water partition coefficient (Wildman–Crippen LogP) is 1.55. The minimum absolute atomic E-state index is 0.0606. The fourth-order valence-corrected chi connectivity index (χ4v) is 3.38. The van der Waals surface area contributed by atoms with Gasteiger partial charge in [-0.25, -0.2) is 0 Å². The lowest BCUT2D eigenvalue weighted by Gasteiger charge is -2.34. The minimum Gasteiger partial charge on any atom is -0.481 e. The van der Waals surface area contributed by atoms with Gasteiger partial charge in [0.2, 0.25) is 5.91 Å². The van der Waals surface area contributed by atoms with Crippen molar-refractivity contribution in [3.05, 3.63) is 0 Å². The lowest BCUT2D eigenvalue weighted by atomic mass is 10.2. The van der Waals surface area contributed by atoms with Crippen LogP contribution in [0.3, 0.4) is 0 Å². The molecule has 1 heterocycles. The highest BCUT2D eigenvalue weighted by Crippen LogP contribution is 2.21. The number of carbonyl (C=O) groups is 2. The van der Waals surface area contributed by atoms with E-state index in [1.807, 2.05) is 0 Å². The normalized spacial score (nSPS) is 20.6. The number of amides is 1. The van der Waals surface area contributed by atoms with Crippen LogP contribution >= 0.6 is 23.5 Å². The van der Waals surface area contributed by atoms with Gasteiger partial charge in [-0.15, -0.1) is 11.8 Å². The summed E-state index contributed by atoms with van der Waals surface area (Å²) >= 11 is 3.34. The van der Waals surface area contributed by atoms with Crippen LogP contribution in [0.15, 0.2) is 0 Å². The number of rotatable bonds is 5. The van der Waals surface area contributed by atoms with Gasteiger partial charge in [0.25, 0.3) is 0 Å². The molecule has 0 aromatic carbocycles.